The molecule has 5 nitrogen and oxygen atoms in total. The molecule has 0 aliphatic carbocycles. The van der Waals surface area contributed by atoms with E-state index in [1.54, 1.807) is 19.1 Å². The van der Waals surface area contributed by atoms with E-state index in [4.69, 9.17) is 9.36 Å². The minimum absolute atomic E-state index is 0.293. The van der Waals surface area contributed by atoms with E-state index in [0.29, 0.717) is 18.0 Å². The zero-order valence-corrected chi connectivity index (χ0v) is 9.58. The van der Waals surface area contributed by atoms with Gasteiger partial charge in [-0.15, -0.1) is 5.06 Å². The molecule has 0 unspecified atom stereocenters. The Balaban J connectivity index is 2.23. The maximum Gasteiger partial charge on any atom is 0.270 e. The van der Waals surface area contributed by atoms with E-state index in [-0.39, 0.29) is 0 Å². The predicted molar refractivity (Wildman–Crippen MR) is 61.6 cm³/mol. The summed E-state index contributed by atoms with van der Waals surface area (Å²) in [6.45, 7) is 3.61. The van der Waals surface area contributed by atoms with Crippen molar-refractivity contribution in [1.29, 1.82) is 0 Å². The molecule has 2 rings (SSSR count). The summed E-state index contributed by atoms with van der Waals surface area (Å²) in [5.74, 6) is 0.842. The summed E-state index contributed by atoms with van der Waals surface area (Å²) in [4.78, 5) is 16.4. The molecular formula is C12H12N2O3. The fourth-order valence-electron chi connectivity index (χ4n) is 1.31. The second kappa shape index (κ2) is 4.69. The average molecular weight is 232 g/mol. The van der Waals surface area contributed by atoms with Gasteiger partial charge in [0.15, 0.2) is 5.75 Å². The van der Waals surface area contributed by atoms with E-state index in [1.165, 1.54) is 0 Å². The molecule has 0 saturated heterocycles. The van der Waals surface area contributed by atoms with Crippen molar-refractivity contribution in [1.82, 2.24) is 5.16 Å². The maximum absolute atomic E-state index is 11.0. The van der Waals surface area contributed by atoms with Crippen molar-refractivity contribution in [3.8, 4) is 5.75 Å². The van der Waals surface area contributed by atoms with Crippen molar-refractivity contribution < 1.29 is 14.2 Å². The monoisotopic (exact) mass is 232 g/mol. The van der Waals surface area contributed by atoms with Crippen LogP contribution >= 0.6 is 0 Å². The van der Waals surface area contributed by atoms with Gasteiger partial charge in [0.25, 0.3) is 12.3 Å². The fourth-order valence-corrected chi connectivity index (χ4v) is 1.31. The van der Waals surface area contributed by atoms with Crippen LogP contribution in [-0.2, 0) is 4.79 Å². The highest BCUT2D eigenvalue weighted by molar-refractivity contribution is 5.71. The Morgan fingerprint density at radius 2 is 2.00 bits per heavy atom. The number of benzene rings is 1. The van der Waals surface area contributed by atoms with Gasteiger partial charge in [-0.1, -0.05) is 23.4 Å². The van der Waals surface area contributed by atoms with Gasteiger partial charge in [0, 0.05) is 5.56 Å². The highest BCUT2D eigenvalue weighted by Gasteiger charge is 2.17. The number of hydroxylamine groups is 1. The molecule has 17 heavy (non-hydrogen) atoms. The highest BCUT2D eigenvalue weighted by Crippen LogP contribution is 2.23. The van der Waals surface area contributed by atoms with Crippen LogP contribution in [0.25, 0.3) is 0 Å². The first kappa shape index (κ1) is 11.2. The van der Waals surface area contributed by atoms with Crippen LogP contribution in [-0.4, -0.2) is 11.6 Å². The molecule has 1 heterocycles. The van der Waals surface area contributed by atoms with Gasteiger partial charge in [-0.05, 0) is 26.0 Å². The average Bonchev–Trinajstić information content (AvgIpc) is 2.69. The van der Waals surface area contributed by atoms with Crippen molar-refractivity contribution >= 4 is 12.3 Å². The lowest BCUT2D eigenvalue weighted by atomic mass is 10.3. The van der Waals surface area contributed by atoms with Gasteiger partial charge in [-0.25, -0.2) is 0 Å². The Kier molecular flexibility index (Phi) is 3.09. The Hall–Kier alpha value is -2.30. The summed E-state index contributed by atoms with van der Waals surface area (Å²) >= 11 is 0. The number of hydrogen-bond donors (Lipinski definition) is 0. The van der Waals surface area contributed by atoms with Crippen LogP contribution in [0, 0.1) is 13.8 Å². The molecule has 1 aromatic carbocycles. The Morgan fingerprint density at radius 3 is 2.53 bits per heavy atom. The number of hydrogen-bond acceptors (Lipinski definition) is 4. The maximum atomic E-state index is 11.0. The number of rotatable bonds is 4. The molecular weight excluding hydrogens is 220 g/mol. The number of amides is 1. The first-order valence-corrected chi connectivity index (χ1v) is 5.13. The fraction of sp³-hybridized carbons (Fsp3) is 0.167. The van der Waals surface area contributed by atoms with E-state index in [9.17, 15) is 4.79 Å². The lowest BCUT2D eigenvalue weighted by molar-refractivity contribution is -0.111. The summed E-state index contributed by atoms with van der Waals surface area (Å²) in [5, 5.41) is 4.79. The van der Waals surface area contributed by atoms with Gasteiger partial charge in [0.1, 0.15) is 0 Å². The van der Waals surface area contributed by atoms with E-state index < -0.39 is 0 Å². The second-order valence-electron chi connectivity index (χ2n) is 3.53. The molecule has 0 radical (unpaired) electrons. The van der Waals surface area contributed by atoms with Gasteiger partial charge in [0.2, 0.25) is 0 Å². The van der Waals surface area contributed by atoms with Gasteiger partial charge in [-0.3, -0.25) is 4.79 Å². The molecule has 2 aromatic rings. The van der Waals surface area contributed by atoms with E-state index in [0.717, 1.165) is 16.3 Å². The molecule has 0 atom stereocenters. The normalized spacial score (nSPS) is 10.0. The third-order valence-corrected chi connectivity index (χ3v) is 2.38. The smallest absolute Gasteiger partial charge is 0.270 e. The van der Waals surface area contributed by atoms with Crippen molar-refractivity contribution in [2.75, 3.05) is 5.06 Å². The number of para-hydroxylation sites is 1. The van der Waals surface area contributed by atoms with Crippen LogP contribution in [0.15, 0.2) is 34.9 Å². The minimum atomic E-state index is 0.293. The van der Waals surface area contributed by atoms with Gasteiger partial charge in [-0.2, -0.15) is 0 Å². The number of carbonyl (C=O) groups excluding carboxylic acids is 1. The van der Waals surface area contributed by atoms with Crippen molar-refractivity contribution in [3.63, 3.8) is 0 Å². The van der Waals surface area contributed by atoms with Crippen LogP contribution in [0.5, 0.6) is 5.75 Å². The van der Waals surface area contributed by atoms with Crippen LogP contribution in [0.2, 0.25) is 0 Å². The highest BCUT2D eigenvalue weighted by atomic mass is 16.7. The van der Waals surface area contributed by atoms with Crippen molar-refractivity contribution in [2.24, 2.45) is 0 Å². The standard InChI is InChI=1S/C12H12N2O3/c1-9-10(2)13-16-12(9)14(8-15)17-11-6-4-3-5-7-11/h3-8H,1-2H3. The molecule has 1 amide bonds. The molecule has 88 valence electrons. The summed E-state index contributed by atoms with van der Waals surface area (Å²) in [7, 11) is 0. The number of nitrogens with zero attached hydrogens (tertiary/aromatic N) is 2. The van der Waals surface area contributed by atoms with Crippen molar-refractivity contribution in [2.45, 2.75) is 13.8 Å². The number of carbonyl (C=O) groups is 1. The minimum Gasteiger partial charge on any atom is -0.369 e. The molecule has 0 aliphatic rings. The molecule has 0 fully saturated rings. The summed E-state index contributed by atoms with van der Waals surface area (Å²) < 4.78 is 5.04. The Bertz CT molecular complexity index is 508. The van der Waals surface area contributed by atoms with E-state index in [2.05, 4.69) is 5.16 Å². The van der Waals surface area contributed by atoms with Crippen LogP contribution in [0.4, 0.5) is 5.88 Å². The zero-order valence-electron chi connectivity index (χ0n) is 9.58. The SMILES string of the molecule is Cc1noc(N(C=O)Oc2ccccc2)c1C. The number of aromatic nitrogens is 1. The lowest BCUT2D eigenvalue weighted by Gasteiger charge is -2.14. The molecule has 0 saturated carbocycles. The van der Waals surface area contributed by atoms with Crippen LogP contribution < -0.4 is 9.90 Å². The van der Waals surface area contributed by atoms with Crippen molar-refractivity contribution in [3.05, 3.63) is 41.6 Å². The molecule has 5 heteroatoms. The van der Waals surface area contributed by atoms with Gasteiger partial charge < -0.3 is 9.36 Å². The summed E-state index contributed by atoms with van der Waals surface area (Å²) in [5.41, 5.74) is 1.50. The zero-order chi connectivity index (χ0) is 12.3. The molecule has 0 N–H and O–H groups in total. The largest absolute Gasteiger partial charge is 0.369 e. The number of anilines is 1. The molecule has 0 aliphatic heterocycles. The molecule has 0 spiro atoms. The van der Waals surface area contributed by atoms with Crippen LogP contribution in [0.1, 0.15) is 11.3 Å². The first-order valence-electron chi connectivity index (χ1n) is 5.13. The first-order chi connectivity index (χ1) is 8.22. The van der Waals surface area contributed by atoms with Crippen LogP contribution in [0.3, 0.4) is 0 Å². The van der Waals surface area contributed by atoms with E-state index in [1.807, 2.05) is 25.1 Å². The lowest BCUT2D eigenvalue weighted by Crippen LogP contribution is -2.25. The molecule has 0 bridgehead atoms. The third kappa shape index (κ3) is 2.28. The third-order valence-electron chi connectivity index (χ3n) is 2.38. The number of aryl methyl sites for hydroxylation is 1. The topological polar surface area (TPSA) is 55.6 Å². The summed E-state index contributed by atoms with van der Waals surface area (Å²) in [6.07, 6.45) is 0.542. The quantitative estimate of drug-likeness (QED) is 0.599. The Morgan fingerprint density at radius 1 is 1.29 bits per heavy atom. The van der Waals surface area contributed by atoms with E-state index >= 15 is 0 Å². The van der Waals surface area contributed by atoms with Gasteiger partial charge in [0.05, 0.1) is 5.69 Å². The second-order valence-corrected chi connectivity index (χ2v) is 3.53. The van der Waals surface area contributed by atoms with Gasteiger partial charge >= 0.3 is 0 Å². The molecule has 1 aromatic heterocycles. The summed E-state index contributed by atoms with van der Waals surface area (Å²) in [6, 6.07) is 8.99. The predicted octanol–water partition coefficient (Wildman–Crippen LogP) is 2.25. The Labute approximate surface area is 98.5 Å².